The summed E-state index contributed by atoms with van der Waals surface area (Å²) in [5, 5.41) is 3.72. The Morgan fingerprint density at radius 2 is 1.94 bits per heavy atom. The molecule has 0 radical (unpaired) electrons. The molecule has 3 unspecified atom stereocenters. The van der Waals surface area contributed by atoms with Crippen molar-refractivity contribution in [1.82, 2.24) is 0 Å². The van der Waals surface area contributed by atoms with E-state index in [0.29, 0.717) is 6.04 Å². The number of hydrogen-bond donors (Lipinski definition) is 1. The van der Waals surface area contributed by atoms with E-state index in [0.717, 1.165) is 11.8 Å². The minimum absolute atomic E-state index is 0.652. The number of benzene rings is 1. The van der Waals surface area contributed by atoms with Gasteiger partial charge in [0.05, 0.1) is 0 Å². The standard InChI is InChI=1S/C14H20IN/c1-10-6-5-9-13(11(10)2)16-14-8-4-3-7-12(14)15/h3-4,7-8,10-11,13,16H,5-6,9H2,1-2H3. The van der Waals surface area contributed by atoms with Crippen LogP contribution in [0.25, 0.3) is 0 Å². The van der Waals surface area contributed by atoms with Gasteiger partial charge in [0.2, 0.25) is 0 Å². The van der Waals surface area contributed by atoms with Crippen LogP contribution in [0, 0.1) is 15.4 Å². The molecule has 2 rings (SSSR count). The van der Waals surface area contributed by atoms with Crippen molar-refractivity contribution in [3.63, 3.8) is 0 Å². The Morgan fingerprint density at radius 1 is 1.19 bits per heavy atom. The highest BCUT2D eigenvalue weighted by Gasteiger charge is 2.26. The lowest BCUT2D eigenvalue weighted by molar-refractivity contribution is 0.253. The molecule has 2 heteroatoms. The van der Waals surface area contributed by atoms with E-state index in [1.807, 2.05) is 0 Å². The molecule has 0 amide bonds. The van der Waals surface area contributed by atoms with Crippen molar-refractivity contribution < 1.29 is 0 Å². The fourth-order valence-corrected chi connectivity index (χ4v) is 3.11. The number of nitrogens with one attached hydrogen (secondary N) is 1. The summed E-state index contributed by atoms with van der Waals surface area (Å²) >= 11 is 2.41. The van der Waals surface area contributed by atoms with E-state index in [1.54, 1.807) is 0 Å². The third-order valence-electron chi connectivity index (χ3n) is 3.92. The van der Waals surface area contributed by atoms with Gasteiger partial charge in [-0.1, -0.05) is 38.8 Å². The third kappa shape index (κ3) is 2.70. The smallest absolute Gasteiger partial charge is 0.0478 e. The second-order valence-corrected chi connectivity index (χ2v) is 6.16. The molecule has 3 atom stereocenters. The first-order chi connectivity index (χ1) is 7.68. The van der Waals surface area contributed by atoms with Gasteiger partial charge in [0.1, 0.15) is 0 Å². The number of rotatable bonds is 2. The van der Waals surface area contributed by atoms with Crippen molar-refractivity contribution in [2.45, 2.75) is 39.2 Å². The van der Waals surface area contributed by atoms with Crippen LogP contribution in [0.2, 0.25) is 0 Å². The van der Waals surface area contributed by atoms with Crippen molar-refractivity contribution in [2.75, 3.05) is 5.32 Å². The van der Waals surface area contributed by atoms with Crippen LogP contribution < -0.4 is 5.32 Å². The highest BCUT2D eigenvalue weighted by Crippen LogP contribution is 2.32. The Morgan fingerprint density at radius 3 is 2.69 bits per heavy atom. The molecule has 1 aromatic rings. The van der Waals surface area contributed by atoms with Gasteiger partial charge >= 0.3 is 0 Å². The van der Waals surface area contributed by atoms with Gasteiger partial charge in [-0.3, -0.25) is 0 Å². The monoisotopic (exact) mass is 329 g/mol. The van der Waals surface area contributed by atoms with Crippen molar-refractivity contribution in [3.8, 4) is 0 Å². The summed E-state index contributed by atoms with van der Waals surface area (Å²) < 4.78 is 1.32. The van der Waals surface area contributed by atoms with E-state index in [9.17, 15) is 0 Å². The molecule has 0 aliphatic heterocycles. The van der Waals surface area contributed by atoms with E-state index >= 15 is 0 Å². The summed E-state index contributed by atoms with van der Waals surface area (Å²) in [7, 11) is 0. The predicted molar refractivity (Wildman–Crippen MR) is 78.7 cm³/mol. The molecule has 0 heterocycles. The molecule has 1 aliphatic carbocycles. The van der Waals surface area contributed by atoms with Crippen LogP contribution in [-0.2, 0) is 0 Å². The lowest BCUT2D eigenvalue weighted by Crippen LogP contribution is -2.35. The predicted octanol–water partition coefficient (Wildman–Crippen LogP) is 4.53. The Hall–Kier alpha value is -0.250. The quantitative estimate of drug-likeness (QED) is 0.786. The Kier molecular flexibility index (Phi) is 4.11. The second-order valence-electron chi connectivity index (χ2n) is 5.00. The van der Waals surface area contributed by atoms with E-state index in [4.69, 9.17) is 0 Å². The zero-order valence-corrected chi connectivity index (χ0v) is 12.2. The van der Waals surface area contributed by atoms with Gasteiger partial charge in [-0.05, 0) is 53.0 Å². The molecule has 0 spiro atoms. The summed E-state index contributed by atoms with van der Waals surface area (Å²) in [5.41, 5.74) is 1.30. The maximum Gasteiger partial charge on any atom is 0.0478 e. The van der Waals surface area contributed by atoms with E-state index in [2.05, 4.69) is 66.0 Å². The average Bonchev–Trinajstić information content (AvgIpc) is 2.28. The Labute approximate surface area is 112 Å². The van der Waals surface area contributed by atoms with E-state index < -0.39 is 0 Å². The second kappa shape index (κ2) is 5.39. The SMILES string of the molecule is CC1CCCC(Nc2ccccc2I)C1C. The maximum absolute atomic E-state index is 3.72. The normalized spacial score (nSPS) is 30.1. The number of para-hydroxylation sites is 1. The molecule has 1 fully saturated rings. The molecule has 1 saturated carbocycles. The molecule has 1 nitrogen and oxygen atoms in total. The van der Waals surface area contributed by atoms with Crippen LogP contribution in [0.3, 0.4) is 0 Å². The van der Waals surface area contributed by atoms with Crippen molar-refractivity contribution in [1.29, 1.82) is 0 Å². The summed E-state index contributed by atoms with van der Waals surface area (Å²) in [5.74, 6) is 1.64. The number of anilines is 1. The van der Waals surface area contributed by atoms with Crippen molar-refractivity contribution in [2.24, 2.45) is 11.8 Å². The van der Waals surface area contributed by atoms with Crippen molar-refractivity contribution in [3.05, 3.63) is 27.8 Å². The Bertz CT molecular complexity index is 350. The first kappa shape index (κ1) is 12.2. The minimum atomic E-state index is 0.652. The van der Waals surface area contributed by atoms with Gasteiger partial charge in [-0.25, -0.2) is 0 Å². The van der Waals surface area contributed by atoms with Gasteiger partial charge in [0.15, 0.2) is 0 Å². The minimum Gasteiger partial charge on any atom is -0.381 e. The highest BCUT2D eigenvalue weighted by atomic mass is 127. The van der Waals surface area contributed by atoms with Crippen LogP contribution in [0.15, 0.2) is 24.3 Å². The first-order valence-electron chi connectivity index (χ1n) is 6.19. The molecule has 88 valence electrons. The van der Waals surface area contributed by atoms with Gasteiger partial charge in [0, 0.05) is 15.3 Å². The number of halogens is 1. The fraction of sp³-hybridized carbons (Fsp3) is 0.571. The third-order valence-corrected chi connectivity index (χ3v) is 4.86. The molecule has 0 bridgehead atoms. The highest BCUT2D eigenvalue weighted by molar-refractivity contribution is 14.1. The first-order valence-corrected chi connectivity index (χ1v) is 7.27. The summed E-state index contributed by atoms with van der Waals surface area (Å²) in [6, 6.07) is 9.22. The lowest BCUT2D eigenvalue weighted by Gasteiger charge is -2.35. The summed E-state index contributed by atoms with van der Waals surface area (Å²) in [6.07, 6.45) is 4.08. The van der Waals surface area contributed by atoms with Gasteiger partial charge in [0.25, 0.3) is 0 Å². The molecule has 1 aromatic carbocycles. The average molecular weight is 329 g/mol. The molecule has 0 aromatic heterocycles. The molecule has 0 saturated heterocycles. The van der Waals surface area contributed by atoms with Crippen molar-refractivity contribution >= 4 is 28.3 Å². The van der Waals surface area contributed by atoms with E-state index in [1.165, 1.54) is 28.5 Å². The fourth-order valence-electron chi connectivity index (χ4n) is 2.56. The lowest BCUT2D eigenvalue weighted by atomic mass is 9.78. The molecular weight excluding hydrogens is 309 g/mol. The van der Waals surface area contributed by atoms with Crippen LogP contribution in [0.4, 0.5) is 5.69 Å². The van der Waals surface area contributed by atoms with Crippen LogP contribution in [-0.4, -0.2) is 6.04 Å². The topological polar surface area (TPSA) is 12.0 Å². The summed E-state index contributed by atoms with van der Waals surface area (Å²) in [4.78, 5) is 0. The molecule has 1 aliphatic rings. The van der Waals surface area contributed by atoms with Gasteiger partial charge < -0.3 is 5.32 Å². The molecular formula is C14H20IN. The molecule has 1 N–H and O–H groups in total. The largest absolute Gasteiger partial charge is 0.381 e. The zero-order chi connectivity index (χ0) is 11.5. The zero-order valence-electron chi connectivity index (χ0n) is 10.0. The maximum atomic E-state index is 3.72. The van der Waals surface area contributed by atoms with Gasteiger partial charge in [-0.15, -0.1) is 0 Å². The Balaban J connectivity index is 2.06. The van der Waals surface area contributed by atoms with Crippen LogP contribution in [0.5, 0.6) is 0 Å². The molecule has 16 heavy (non-hydrogen) atoms. The van der Waals surface area contributed by atoms with Crippen LogP contribution in [0.1, 0.15) is 33.1 Å². The van der Waals surface area contributed by atoms with Gasteiger partial charge in [-0.2, -0.15) is 0 Å². The van der Waals surface area contributed by atoms with E-state index in [-0.39, 0.29) is 0 Å². The van der Waals surface area contributed by atoms with Crippen LogP contribution >= 0.6 is 22.6 Å². The summed E-state index contributed by atoms with van der Waals surface area (Å²) in [6.45, 7) is 4.77. The number of hydrogen-bond acceptors (Lipinski definition) is 1.